The summed E-state index contributed by atoms with van der Waals surface area (Å²) in [5.74, 6) is 0. The number of halogens is 1. The highest BCUT2D eigenvalue weighted by atomic mass is 35.5. The van der Waals surface area contributed by atoms with Gasteiger partial charge in [0.2, 0.25) is 0 Å². The minimum absolute atomic E-state index is 0. The highest BCUT2D eigenvalue weighted by Crippen LogP contribution is 0.981. The minimum Gasteiger partial charge on any atom is -0.323 e. The summed E-state index contributed by atoms with van der Waals surface area (Å²) in [7, 11) is 3.75. The number of hydrogen-bond donors (Lipinski definition) is 1. The van der Waals surface area contributed by atoms with E-state index in [-0.39, 0.29) is 12.4 Å². The molecule has 0 radical (unpaired) electrons. The first-order valence-electron chi connectivity index (χ1n) is 1.00. The van der Waals surface area contributed by atoms with E-state index in [4.69, 9.17) is 0 Å². The van der Waals surface area contributed by atoms with Crippen LogP contribution in [0.5, 0.6) is 0 Å². The number of hydrogen-bond acceptors (Lipinski definition) is 1. The lowest BCUT2D eigenvalue weighted by molar-refractivity contribution is 1.02. The predicted octanol–water partition coefficient (Wildman–Crippen LogP) is 0.257. The Hall–Kier alpha value is 0.250. The van der Waals surface area contributed by atoms with Crippen LogP contribution in [-0.4, -0.2) is 14.1 Å². The van der Waals surface area contributed by atoms with Crippen molar-refractivity contribution in [3.05, 3.63) is 0 Å². The summed E-state index contributed by atoms with van der Waals surface area (Å²) in [6, 6.07) is 0. The van der Waals surface area contributed by atoms with E-state index in [1.165, 1.54) is 0 Å². The van der Waals surface area contributed by atoms with Crippen molar-refractivity contribution in [1.29, 1.82) is 0 Å². The highest BCUT2D eigenvalue weighted by Gasteiger charge is 1.25. The predicted molar refractivity (Wildman–Crippen MR) is 22.2 cm³/mol. The molecule has 0 bridgehead atoms. The summed E-state index contributed by atoms with van der Waals surface area (Å²) in [6.07, 6.45) is 0. The number of nitrogens with one attached hydrogen (secondary N) is 1. The molecule has 0 aromatic rings. The van der Waals surface area contributed by atoms with E-state index in [0.29, 0.717) is 0 Å². The first-order chi connectivity index (χ1) is 1.41. The van der Waals surface area contributed by atoms with Gasteiger partial charge in [-0.2, -0.15) is 0 Å². The molecule has 0 amide bonds. The van der Waals surface area contributed by atoms with Crippen LogP contribution in [0.3, 0.4) is 0 Å². The Labute approximate surface area is 32.8 Å². The molecule has 0 fully saturated rings. The summed E-state index contributed by atoms with van der Waals surface area (Å²) in [4.78, 5) is 0. The van der Waals surface area contributed by atoms with Gasteiger partial charge >= 0.3 is 0 Å². The van der Waals surface area contributed by atoms with Crippen molar-refractivity contribution in [2.45, 2.75) is 0 Å². The zero-order chi connectivity index (χ0) is 2.71. The van der Waals surface area contributed by atoms with E-state index in [1.807, 2.05) is 14.1 Å². The molecule has 1 N–H and O–H groups in total. The largest absolute Gasteiger partial charge is 0.323 e. The second kappa shape index (κ2) is 10.5. The summed E-state index contributed by atoms with van der Waals surface area (Å²) in [6.45, 7) is 0. The van der Waals surface area contributed by atoms with Crippen LogP contribution < -0.4 is 5.32 Å². The first-order valence-corrected chi connectivity index (χ1v) is 1.00. The van der Waals surface area contributed by atoms with Gasteiger partial charge in [0.1, 0.15) is 0 Å². The van der Waals surface area contributed by atoms with Crippen molar-refractivity contribution in [3.8, 4) is 0 Å². The number of rotatable bonds is 0. The molecule has 4 heavy (non-hydrogen) atoms. The fourth-order valence-electron chi connectivity index (χ4n) is 0. The molecule has 0 unspecified atom stereocenters. The van der Waals surface area contributed by atoms with Crippen molar-refractivity contribution in [3.63, 3.8) is 0 Å². The normalized spacial score (nSPS) is 4.50. The lowest BCUT2D eigenvalue weighted by Crippen LogP contribution is -1.89. The third-order valence-corrected chi connectivity index (χ3v) is 0. The Kier molecular flexibility index (Phi) is 23.3. The third-order valence-electron chi connectivity index (χ3n) is 0. The second-order valence-corrected chi connectivity index (χ2v) is 0.500. The monoisotopic (exact) mass is 84.0 g/mol. The SMILES string of the molecule is Cl.[13CH3][15NH][13CH3]. The smallest absolute Gasteiger partial charge is 0.0167 e. The maximum atomic E-state index is 2.75. The topological polar surface area (TPSA) is 12.0 Å². The summed E-state index contributed by atoms with van der Waals surface area (Å²) >= 11 is 0. The summed E-state index contributed by atoms with van der Waals surface area (Å²) < 4.78 is 0. The van der Waals surface area contributed by atoms with Gasteiger partial charge < -0.3 is 5.32 Å². The van der Waals surface area contributed by atoms with Gasteiger partial charge in [-0.15, -0.1) is 12.4 Å². The molecule has 0 aromatic heterocycles. The minimum atomic E-state index is 0. The molecule has 2 heteroatoms. The fourth-order valence-corrected chi connectivity index (χ4v) is 0. The molecule has 0 aliphatic carbocycles. The quantitative estimate of drug-likeness (QED) is 0.328. The molecule has 1 nitrogen and oxygen atoms in total. The summed E-state index contributed by atoms with van der Waals surface area (Å²) in [5, 5.41) is 2.75. The summed E-state index contributed by atoms with van der Waals surface area (Å²) in [5.41, 5.74) is 0. The Morgan fingerprint density at radius 3 is 1.25 bits per heavy atom. The van der Waals surface area contributed by atoms with Crippen molar-refractivity contribution in [2.24, 2.45) is 0 Å². The van der Waals surface area contributed by atoms with Crippen molar-refractivity contribution in [2.75, 3.05) is 14.1 Å². The van der Waals surface area contributed by atoms with Crippen LogP contribution in [0.4, 0.5) is 0 Å². The molecule has 0 saturated carbocycles. The maximum absolute atomic E-state index is 2.75. The van der Waals surface area contributed by atoms with E-state index < -0.39 is 0 Å². The van der Waals surface area contributed by atoms with Gasteiger partial charge in [-0.05, 0) is 14.1 Å². The zero-order valence-corrected chi connectivity index (χ0v) is 3.72. The zero-order valence-electron chi connectivity index (χ0n) is 2.91. The van der Waals surface area contributed by atoms with Crippen LogP contribution in [0.15, 0.2) is 0 Å². The standard InChI is InChI=1S/C2H7N.ClH/c1-3-2;/h3H,1-2H3;1H/i1+1,2+1,3+1;. The van der Waals surface area contributed by atoms with Crippen LogP contribution in [0.25, 0.3) is 0 Å². The van der Waals surface area contributed by atoms with E-state index in [1.54, 1.807) is 0 Å². The van der Waals surface area contributed by atoms with Crippen LogP contribution >= 0.6 is 12.4 Å². The molecule has 0 aliphatic heterocycles. The molecule has 0 saturated heterocycles. The Balaban J connectivity index is 0. The van der Waals surface area contributed by atoms with Crippen molar-refractivity contribution < 1.29 is 0 Å². The highest BCUT2D eigenvalue weighted by molar-refractivity contribution is 5.85. The molecule has 0 rings (SSSR count). The lowest BCUT2D eigenvalue weighted by Gasteiger charge is -1.59. The molecule has 28 valence electrons. The Morgan fingerprint density at radius 2 is 1.25 bits per heavy atom. The van der Waals surface area contributed by atoms with Gasteiger partial charge in [-0.25, -0.2) is 0 Å². The molecular formula is C2H8ClN. The third kappa shape index (κ3) is 56.3. The fraction of sp³-hybridized carbons (Fsp3) is 1.00. The maximum Gasteiger partial charge on any atom is -0.0167 e. The van der Waals surface area contributed by atoms with Gasteiger partial charge in [0.15, 0.2) is 0 Å². The lowest BCUT2D eigenvalue weighted by atomic mass is 12.3. The molecule has 0 spiro atoms. The van der Waals surface area contributed by atoms with E-state index in [0.717, 1.165) is 0 Å². The van der Waals surface area contributed by atoms with Gasteiger partial charge in [0, 0.05) is 0 Å². The van der Waals surface area contributed by atoms with E-state index in [9.17, 15) is 0 Å². The molecule has 0 atom stereocenters. The van der Waals surface area contributed by atoms with Crippen LogP contribution in [-0.2, 0) is 0 Å². The van der Waals surface area contributed by atoms with E-state index in [2.05, 4.69) is 5.32 Å². The van der Waals surface area contributed by atoms with Crippen LogP contribution in [0, 0.1) is 0 Å². The van der Waals surface area contributed by atoms with Gasteiger partial charge in [-0.3, -0.25) is 0 Å². The average Bonchev–Trinajstić information content (AvgIpc) is 0.918. The molecular weight excluding hydrogens is 76.5 g/mol. The van der Waals surface area contributed by atoms with E-state index >= 15 is 0 Å². The average molecular weight is 84.5 g/mol. The molecule has 0 aromatic carbocycles. The first kappa shape index (κ1) is 8.87. The van der Waals surface area contributed by atoms with Crippen LogP contribution in [0.2, 0.25) is 0 Å². The van der Waals surface area contributed by atoms with Crippen molar-refractivity contribution in [1.82, 2.24) is 5.32 Å². The molecule has 0 heterocycles. The van der Waals surface area contributed by atoms with Gasteiger partial charge in [0.25, 0.3) is 0 Å². The van der Waals surface area contributed by atoms with Gasteiger partial charge in [-0.1, -0.05) is 0 Å². The van der Waals surface area contributed by atoms with Crippen molar-refractivity contribution >= 4 is 12.4 Å². The molecule has 0 aliphatic rings. The van der Waals surface area contributed by atoms with Gasteiger partial charge in [0.05, 0.1) is 0 Å². The second-order valence-electron chi connectivity index (χ2n) is 0.500. The van der Waals surface area contributed by atoms with Crippen LogP contribution in [0.1, 0.15) is 0 Å². The Morgan fingerprint density at radius 1 is 1.25 bits per heavy atom. The Bertz CT molecular complexity index is 6.00.